The Morgan fingerprint density at radius 3 is 2.59 bits per heavy atom. The number of piperidine rings is 1. The molecule has 5 rings (SSSR count). The highest BCUT2D eigenvalue weighted by molar-refractivity contribution is 6.01. The monoisotopic (exact) mass is 566 g/mol. The van der Waals surface area contributed by atoms with Crippen LogP contribution in [0.15, 0.2) is 53.7 Å². The Hall–Kier alpha value is -3.79. The number of hydrogen-bond donors (Lipinski definition) is 2. The van der Waals surface area contributed by atoms with Crippen LogP contribution < -0.4 is 10.6 Å². The Balaban J connectivity index is 1.21. The first-order valence-electron chi connectivity index (χ1n) is 14.2. The van der Waals surface area contributed by atoms with E-state index in [-0.39, 0.29) is 22.2 Å². The fraction of sp³-hybridized carbons (Fsp3) is 0.452. The Morgan fingerprint density at radius 2 is 1.85 bits per heavy atom. The Bertz CT molecular complexity index is 1370. The third kappa shape index (κ3) is 5.70. The summed E-state index contributed by atoms with van der Waals surface area (Å²) >= 11 is 0. The maximum absolute atomic E-state index is 14.2. The molecule has 0 saturated carbocycles. The van der Waals surface area contributed by atoms with Crippen molar-refractivity contribution >= 4 is 18.0 Å². The number of nitrogens with one attached hydrogen (secondary N) is 2. The second-order valence-corrected chi connectivity index (χ2v) is 11.1. The Kier molecular flexibility index (Phi) is 8.40. The van der Waals surface area contributed by atoms with Crippen LogP contribution in [0.5, 0.6) is 0 Å². The molecule has 0 bridgehead atoms. The van der Waals surface area contributed by atoms with E-state index in [0.29, 0.717) is 13.0 Å². The molecule has 1 spiro atoms. The number of halogens is 2. The largest absolute Gasteiger partial charge is 0.466 e. The van der Waals surface area contributed by atoms with Crippen LogP contribution in [0.2, 0.25) is 0 Å². The van der Waals surface area contributed by atoms with E-state index in [4.69, 9.17) is 4.74 Å². The molecule has 10 heteroatoms. The number of ether oxygens (including phenoxy) is 1. The van der Waals surface area contributed by atoms with Gasteiger partial charge in [-0.15, -0.1) is 0 Å². The van der Waals surface area contributed by atoms with Crippen LogP contribution in [0.1, 0.15) is 61.8 Å². The minimum absolute atomic E-state index is 0.0419. The minimum Gasteiger partial charge on any atom is -0.466 e. The van der Waals surface area contributed by atoms with E-state index in [2.05, 4.69) is 39.8 Å². The van der Waals surface area contributed by atoms with Gasteiger partial charge in [-0.1, -0.05) is 30.3 Å². The summed E-state index contributed by atoms with van der Waals surface area (Å²) in [5.41, 5.74) is 3.46. The summed E-state index contributed by atoms with van der Waals surface area (Å²) in [7, 11) is 1.17. The van der Waals surface area contributed by atoms with Crippen molar-refractivity contribution in [1.29, 1.82) is 0 Å². The summed E-state index contributed by atoms with van der Waals surface area (Å²) in [6, 6.07) is 9.03. The van der Waals surface area contributed by atoms with Crippen LogP contribution in [-0.4, -0.2) is 61.1 Å². The molecular weight excluding hydrogens is 530 g/mol. The lowest BCUT2D eigenvalue weighted by Crippen LogP contribution is -2.54. The molecule has 2 N–H and O–H groups in total. The van der Waals surface area contributed by atoms with Crippen LogP contribution in [0.25, 0.3) is 0 Å². The summed E-state index contributed by atoms with van der Waals surface area (Å²) < 4.78 is 32.7. The van der Waals surface area contributed by atoms with Crippen molar-refractivity contribution < 1.29 is 27.9 Å². The standard InChI is InChI=1S/C31H36F2N4O4/c1-20-26(28(38)41-2)27(22-10-11-24(32)25(33)19-22)37(30(40)35-20)29(39)34-15-6-16-36-17-13-31(14-18-36)12-5-8-21-7-3-4-9-23(21)31/h3-4,7,9-11,19,27H,5-6,8,12-18H2,1-2H3,(H,34,39)(H,35,40). The Morgan fingerprint density at radius 1 is 1.10 bits per heavy atom. The van der Waals surface area contributed by atoms with E-state index in [0.717, 1.165) is 55.9 Å². The van der Waals surface area contributed by atoms with Gasteiger partial charge in [0, 0.05) is 12.2 Å². The SMILES string of the molecule is COC(=O)C1=C(C)NC(=O)N(C(=O)NCCCN2CCC3(CCCc4ccccc43)CC2)C1c1ccc(F)c(F)c1. The number of esters is 1. The maximum atomic E-state index is 14.2. The Labute approximate surface area is 238 Å². The maximum Gasteiger partial charge on any atom is 0.337 e. The summed E-state index contributed by atoms with van der Waals surface area (Å²) in [5.74, 6) is -3.03. The molecule has 1 saturated heterocycles. The number of carbonyl (C=O) groups excluding carboxylic acids is 3. The molecule has 2 aromatic carbocycles. The highest BCUT2D eigenvalue weighted by atomic mass is 19.2. The molecule has 3 aliphatic rings. The fourth-order valence-electron chi connectivity index (χ4n) is 6.64. The zero-order chi connectivity index (χ0) is 29.1. The van der Waals surface area contributed by atoms with Gasteiger partial charge in [0.05, 0.1) is 12.7 Å². The van der Waals surface area contributed by atoms with E-state index in [1.807, 2.05) is 0 Å². The van der Waals surface area contributed by atoms with Crippen molar-refractivity contribution in [2.24, 2.45) is 0 Å². The second kappa shape index (κ2) is 12.0. The van der Waals surface area contributed by atoms with Crippen molar-refractivity contribution in [3.8, 4) is 0 Å². The number of aryl methyl sites for hydroxylation is 1. The van der Waals surface area contributed by atoms with Crippen molar-refractivity contribution in [2.45, 2.75) is 56.9 Å². The normalized spacial score (nSPS) is 20.4. The summed E-state index contributed by atoms with van der Waals surface area (Å²) in [6.45, 7) is 4.56. The number of nitrogens with zero attached hydrogens (tertiary/aromatic N) is 2. The number of benzene rings is 2. The lowest BCUT2D eigenvalue weighted by atomic mass is 9.65. The first-order chi connectivity index (χ1) is 19.7. The summed E-state index contributed by atoms with van der Waals surface area (Å²) in [6.07, 6.45) is 6.51. The van der Waals surface area contributed by atoms with Gasteiger partial charge in [-0.25, -0.2) is 28.1 Å². The number of imide groups is 1. The molecule has 41 heavy (non-hydrogen) atoms. The second-order valence-electron chi connectivity index (χ2n) is 11.1. The van der Waals surface area contributed by atoms with Crippen molar-refractivity contribution in [3.05, 3.63) is 82.1 Å². The van der Waals surface area contributed by atoms with Gasteiger partial charge in [-0.05, 0) is 99.3 Å². The number of rotatable bonds is 6. The van der Waals surface area contributed by atoms with E-state index < -0.39 is 35.7 Å². The number of carbonyl (C=O) groups is 3. The number of likely N-dealkylation sites (tertiary alicyclic amines) is 1. The minimum atomic E-state index is -1.29. The highest BCUT2D eigenvalue weighted by Crippen LogP contribution is 2.44. The number of allylic oxidation sites excluding steroid dienone is 1. The van der Waals surface area contributed by atoms with Crippen LogP contribution in [0.4, 0.5) is 18.4 Å². The predicted molar refractivity (Wildman–Crippen MR) is 149 cm³/mol. The van der Waals surface area contributed by atoms with E-state index in [1.54, 1.807) is 0 Å². The number of methoxy groups -OCH3 is 1. The predicted octanol–water partition coefficient (Wildman–Crippen LogP) is 4.95. The van der Waals surface area contributed by atoms with Crippen molar-refractivity contribution in [1.82, 2.24) is 20.4 Å². The number of hydrogen-bond acceptors (Lipinski definition) is 5. The zero-order valence-corrected chi connectivity index (χ0v) is 23.5. The van der Waals surface area contributed by atoms with Crippen molar-refractivity contribution in [3.63, 3.8) is 0 Å². The molecular formula is C31H36F2N4O4. The summed E-state index contributed by atoms with van der Waals surface area (Å²) in [4.78, 5) is 42.1. The van der Waals surface area contributed by atoms with E-state index in [1.165, 1.54) is 44.1 Å². The molecule has 0 aromatic heterocycles. The number of amides is 4. The van der Waals surface area contributed by atoms with Gasteiger partial charge in [0.25, 0.3) is 0 Å². The van der Waals surface area contributed by atoms with Crippen molar-refractivity contribution in [2.75, 3.05) is 33.3 Å². The quantitative estimate of drug-likeness (QED) is 0.382. The molecule has 1 aliphatic carbocycles. The number of urea groups is 2. The molecule has 4 amide bonds. The first kappa shape index (κ1) is 28.7. The third-order valence-electron chi connectivity index (χ3n) is 8.76. The van der Waals surface area contributed by atoms with Gasteiger partial charge < -0.3 is 20.3 Å². The molecule has 2 heterocycles. The smallest absolute Gasteiger partial charge is 0.337 e. The van der Waals surface area contributed by atoms with E-state index >= 15 is 0 Å². The van der Waals surface area contributed by atoms with Gasteiger partial charge in [-0.2, -0.15) is 0 Å². The highest BCUT2D eigenvalue weighted by Gasteiger charge is 2.42. The molecule has 2 aromatic rings. The molecule has 2 aliphatic heterocycles. The summed E-state index contributed by atoms with van der Waals surface area (Å²) in [5, 5.41) is 5.27. The zero-order valence-electron chi connectivity index (χ0n) is 23.5. The number of fused-ring (bicyclic) bond motifs is 2. The molecule has 218 valence electrons. The average Bonchev–Trinajstić information content (AvgIpc) is 2.97. The molecule has 1 fully saturated rings. The van der Waals surface area contributed by atoms with Crippen LogP contribution in [-0.2, 0) is 21.4 Å². The lowest BCUT2D eigenvalue weighted by molar-refractivity contribution is -0.136. The molecule has 1 unspecified atom stereocenters. The van der Waals surface area contributed by atoms with Gasteiger partial charge in [0.15, 0.2) is 11.6 Å². The van der Waals surface area contributed by atoms with Gasteiger partial charge in [0.2, 0.25) is 0 Å². The topological polar surface area (TPSA) is 91.0 Å². The first-order valence-corrected chi connectivity index (χ1v) is 14.2. The fourth-order valence-corrected chi connectivity index (χ4v) is 6.64. The van der Waals surface area contributed by atoms with E-state index in [9.17, 15) is 23.2 Å². The van der Waals surface area contributed by atoms with Gasteiger partial charge in [0.1, 0.15) is 6.04 Å². The van der Waals surface area contributed by atoms with Gasteiger partial charge in [-0.3, -0.25) is 0 Å². The van der Waals surface area contributed by atoms with Crippen LogP contribution >= 0.6 is 0 Å². The molecule has 0 radical (unpaired) electrons. The third-order valence-corrected chi connectivity index (χ3v) is 8.76. The molecule has 1 atom stereocenters. The van der Waals surface area contributed by atoms with Gasteiger partial charge >= 0.3 is 18.0 Å². The molecule has 8 nitrogen and oxygen atoms in total. The average molecular weight is 567 g/mol. The lowest BCUT2D eigenvalue weighted by Gasteiger charge is -2.45. The van der Waals surface area contributed by atoms with Crippen LogP contribution in [0.3, 0.4) is 0 Å². The van der Waals surface area contributed by atoms with Crippen LogP contribution in [0, 0.1) is 11.6 Å².